The summed E-state index contributed by atoms with van der Waals surface area (Å²) in [6.07, 6.45) is 1.31. The van der Waals surface area contributed by atoms with Crippen molar-refractivity contribution < 1.29 is 9.59 Å². The molecular formula is C31H31ClN2O2. The third kappa shape index (κ3) is 6.32. The Kier molecular flexibility index (Phi) is 8.75. The van der Waals surface area contributed by atoms with Gasteiger partial charge in [0.05, 0.1) is 0 Å². The monoisotopic (exact) mass is 498 g/mol. The average molecular weight is 499 g/mol. The Balaban J connectivity index is 1.64. The van der Waals surface area contributed by atoms with Gasteiger partial charge in [0, 0.05) is 31.0 Å². The summed E-state index contributed by atoms with van der Waals surface area (Å²) in [5, 5.41) is 5.82. The molecule has 4 rings (SSSR count). The average Bonchev–Trinajstić information content (AvgIpc) is 2.91. The molecule has 0 unspecified atom stereocenters. The molecule has 4 aromatic carbocycles. The van der Waals surface area contributed by atoms with Gasteiger partial charge in [0.2, 0.25) is 11.8 Å². The number of benzene rings is 4. The summed E-state index contributed by atoms with van der Waals surface area (Å²) in [4.78, 5) is 28.8. The molecule has 0 fully saturated rings. The van der Waals surface area contributed by atoms with Crippen molar-refractivity contribution in [1.29, 1.82) is 0 Å². The smallest absolute Gasteiger partial charge is 0.243 e. The quantitative estimate of drug-likeness (QED) is 0.283. The zero-order valence-electron chi connectivity index (χ0n) is 20.5. The third-order valence-electron chi connectivity index (χ3n) is 6.41. The highest BCUT2D eigenvalue weighted by Crippen LogP contribution is 2.23. The molecule has 0 saturated heterocycles. The van der Waals surface area contributed by atoms with Crippen molar-refractivity contribution in [3.8, 4) is 0 Å². The molecule has 0 aromatic heterocycles. The van der Waals surface area contributed by atoms with Crippen LogP contribution < -0.4 is 5.32 Å². The van der Waals surface area contributed by atoms with E-state index >= 15 is 0 Å². The SMILES string of the molecule is CCNC(=O)[C@@H](Cc1ccccc1)N(Cc1ccccc1Cl)C(=O)CCc1cccc2ccccc12. The first kappa shape index (κ1) is 25.5. The van der Waals surface area contributed by atoms with Gasteiger partial charge in [0.25, 0.3) is 0 Å². The fourth-order valence-electron chi connectivity index (χ4n) is 4.55. The van der Waals surface area contributed by atoms with Crippen molar-refractivity contribution in [3.05, 3.63) is 119 Å². The molecule has 4 aromatic rings. The molecule has 5 heteroatoms. The van der Waals surface area contributed by atoms with Crippen molar-refractivity contribution in [3.63, 3.8) is 0 Å². The Labute approximate surface area is 217 Å². The summed E-state index contributed by atoms with van der Waals surface area (Å²) >= 11 is 6.48. The molecule has 4 nitrogen and oxygen atoms in total. The topological polar surface area (TPSA) is 49.4 Å². The van der Waals surface area contributed by atoms with E-state index in [1.807, 2.05) is 79.7 Å². The van der Waals surface area contributed by atoms with Gasteiger partial charge in [-0.25, -0.2) is 0 Å². The minimum absolute atomic E-state index is 0.0740. The predicted molar refractivity (Wildman–Crippen MR) is 147 cm³/mol. The van der Waals surface area contributed by atoms with Gasteiger partial charge >= 0.3 is 0 Å². The maximum Gasteiger partial charge on any atom is 0.243 e. The largest absolute Gasteiger partial charge is 0.355 e. The standard InChI is InChI=1S/C31H31ClN2O2/c1-2-33-31(36)29(21-23-11-4-3-5-12-23)34(22-26-14-7-9-18-28(26)32)30(35)20-19-25-16-10-15-24-13-6-8-17-27(24)25/h3-18,29H,2,19-22H2,1H3,(H,33,36)/t29-/m1/s1. The molecule has 0 radical (unpaired) electrons. The number of amides is 2. The van der Waals surface area contributed by atoms with E-state index in [9.17, 15) is 9.59 Å². The summed E-state index contributed by atoms with van der Waals surface area (Å²) in [5.74, 6) is -0.234. The number of hydrogen-bond donors (Lipinski definition) is 1. The van der Waals surface area contributed by atoms with Crippen LogP contribution in [0.1, 0.15) is 30.0 Å². The van der Waals surface area contributed by atoms with E-state index in [1.165, 1.54) is 0 Å². The molecule has 36 heavy (non-hydrogen) atoms. The van der Waals surface area contributed by atoms with Crippen molar-refractivity contribution in [2.45, 2.75) is 38.8 Å². The Morgan fingerprint density at radius 1 is 0.833 bits per heavy atom. The fraction of sp³-hybridized carbons (Fsp3) is 0.226. The van der Waals surface area contributed by atoms with Crippen LogP contribution in [0.4, 0.5) is 0 Å². The Morgan fingerprint density at radius 2 is 1.50 bits per heavy atom. The zero-order chi connectivity index (χ0) is 25.3. The number of rotatable bonds is 10. The van der Waals surface area contributed by atoms with Crippen molar-refractivity contribution in [1.82, 2.24) is 10.2 Å². The van der Waals surface area contributed by atoms with E-state index in [4.69, 9.17) is 11.6 Å². The van der Waals surface area contributed by atoms with E-state index in [-0.39, 0.29) is 18.4 Å². The maximum absolute atomic E-state index is 13.8. The second-order valence-corrected chi connectivity index (χ2v) is 9.26. The highest BCUT2D eigenvalue weighted by molar-refractivity contribution is 6.31. The lowest BCUT2D eigenvalue weighted by molar-refractivity contribution is -0.141. The number of hydrogen-bond acceptors (Lipinski definition) is 2. The van der Waals surface area contributed by atoms with E-state index in [2.05, 4.69) is 29.6 Å². The van der Waals surface area contributed by atoms with Crippen molar-refractivity contribution in [2.24, 2.45) is 0 Å². The Morgan fingerprint density at radius 3 is 2.28 bits per heavy atom. The van der Waals surface area contributed by atoms with Crippen molar-refractivity contribution >= 4 is 34.2 Å². The molecule has 0 spiro atoms. The molecular weight excluding hydrogens is 468 g/mol. The summed E-state index contributed by atoms with van der Waals surface area (Å²) < 4.78 is 0. The lowest BCUT2D eigenvalue weighted by Crippen LogP contribution is -2.50. The number of carbonyl (C=O) groups excluding carboxylic acids is 2. The van der Waals surface area contributed by atoms with E-state index in [0.717, 1.165) is 27.5 Å². The fourth-order valence-corrected chi connectivity index (χ4v) is 4.75. The normalized spacial score (nSPS) is 11.7. The van der Waals surface area contributed by atoms with Gasteiger partial charge in [-0.15, -0.1) is 0 Å². The number of carbonyl (C=O) groups is 2. The second kappa shape index (κ2) is 12.4. The van der Waals surface area contributed by atoms with Crippen LogP contribution in [0.3, 0.4) is 0 Å². The number of aryl methyl sites for hydroxylation is 1. The number of nitrogens with zero attached hydrogens (tertiary/aromatic N) is 1. The van der Waals surface area contributed by atoms with Crippen LogP contribution in [0.2, 0.25) is 5.02 Å². The number of halogens is 1. The summed E-state index contributed by atoms with van der Waals surface area (Å²) in [6, 6.07) is 31.0. The van der Waals surface area contributed by atoms with E-state index < -0.39 is 6.04 Å². The first-order valence-electron chi connectivity index (χ1n) is 12.4. The Bertz CT molecular complexity index is 1320. The molecule has 0 heterocycles. The molecule has 1 atom stereocenters. The van der Waals surface area contributed by atoms with Crippen LogP contribution in [0.25, 0.3) is 10.8 Å². The lowest BCUT2D eigenvalue weighted by Gasteiger charge is -2.32. The van der Waals surface area contributed by atoms with Crippen LogP contribution in [0, 0.1) is 0 Å². The summed E-state index contributed by atoms with van der Waals surface area (Å²) in [6.45, 7) is 2.65. The van der Waals surface area contributed by atoms with Gasteiger partial charge in [-0.1, -0.05) is 103 Å². The first-order valence-corrected chi connectivity index (χ1v) is 12.8. The maximum atomic E-state index is 13.8. The van der Waals surface area contributed by atoms with Crippen LogP contribution in [0.15, 0.2) is 97.1 Å². The number of fused-ring (bicyclic) bond motifs is 1. The third-order valence-corrected chi connectivity index (χ3v) is 6.78. The molecule has 2 amide bonds. The van der Waals surface area contributed by atoms with Crippen LogP contribution in [0.5, 0.6) is 0 Å². The first-order chi connectivity index (χ1) is 17.6. The van der Waals surface area contributed by atoms with Crippen LogP contribution in [-0.4, -0.2) is 29.3 Å². The van der Waals surface area contributed by atoms with Crippen LogP contribution >= 0.6 is 11.6 Å². The van der Waals surface area contributed by atoms with Crippen LogP contribution in [-0.2, 0) is 29.0 Å². The summed E-state index contributed by atoms with van der Waals surface area (Å²) in [5.41, 5.74) is 2.94. The molecule has 0 aliphatic carbocycles. The number of likely N-dealkylation sites (N-methyl/N-ethyl adjacent to an activating group) is 1. The second-order valence-electron chi connectivity index (χ2n) is 8.85. The van der Waals surface area contributed by atoms with Gasteiger partial charge in [-0.3, -0.25) is 9.59 Å². The van der Waals surface area contributed by atoms with E-state index in [1.54, 1.807) is 4.90 Å². The highest BCUT2D eigenvalue weighted by atomic mass is 35.5. The molecule has 0 aliphatic heterocycles. The van der Waals surface area contributed by atoms with Crippen molar-refractivity contribution in [2.75, 3.05) is 6.54 Å². The lowest BCUT2D eigenvalue weighted by atomic mass is 9.99. The predicted octanol–water partition coefficient (Wildman–Crippen LogP) is 6.20. The van der Waals surface area contributed by atoms with Gasteiger partial charge < -0.3 is 10.2 Å². The molecule has 0 saturated carbocycles. The Hall–Kier alpha value is -3.63. The zero-order valence-corrected chi connectivity index (χ0v) is 21.2. The van der Waals surface area contributed by atoms with Gasteiger partial charge in [-0.05, 0) is 46.9 Å². The molecule has 1 N–H and O–H groups in total. The molecule has 0 bridgehead atoms. The van der Waals surface area contributed by atoms with Gasteiger partial charge in [-0.2, -0.15) is 0 Å². The number of nitrogens with one attached hydrogen (secondary N) is 1. The summed E-state index contributed by atoms with van der Waals surface area (Å²) in [7, 11) is 0. The minimum atomic E-state index is -0.649. The van der Waals surface area contributed by atoms with Gasteiger partial charge in [0.15, 0.2) is 0 Å². The van der Waals surface area contributed by atoms with E-state index in [0.29, 0.717) is 30.8 Å². The van der Waals surface area contributed by atoms with Gasteiger partial charge in [0.1, 0.15) is 6.04 Å². The molecule has 0 aliphatic rings. The minimum Gasteiger partial charge on any atom is -0.355 e. The molecule has 184 valence electrons. The highest BCUT2D eigenvalue weighted by Gasteiger charge is 2.30.